The molecule has 0 fully saturated rings. The Bertz CT molecular complexity index is 214. The zero-order chi connectivity index (χ0) is 8.10. The molecule has 0 aliphatic rings. The van der Waals surface area contributed by atoms with E-state index in [0.29, 0.717) is 15.4 Å². The van der Waals surface area contributed by atoms with Gasteiger partial charge in [-0.25, -0.2) is 0 Å². The maximum Gasteiger partial charge on any atom is 0.111 e. The maximum absolute atomic E-state index is 5.16. The van der Waals surface area contributed by atoms with Gasteiger partial charge in [0.1, 0.15) is 5.69 Å². The lowest BCUT2D eigenvalue weighted by atomic mass is 10.5. The third-order valence-electron chi connectivity index (χ3n) is 1.13. The summed E-state index contributed by atoms with van der Waals surface area (Å²) in [7, 11) is 2.27. The third-order valence-corrected chi connectivity index (χ3v) is 1.57. The number of nitrogens with one attached hydrogen (secondary N) is 1. The van der Waals surface area contributed by atoms with Crippen molar-refractivity contribution in [2.45, 2.75) is 6.61 Å². The van der Waals surface area contributed by atoms with Crippen molar-refractivity contribution in [1.82, 2.24) is 15.1 Å². The molecule has 5 nitrogen and oxygen atoms in total. The van der Waals surface area contributed by atoms with Gasteiger partial charge in [0, 0.05) is 15.9 Å². The van der Waals surface area contributed by atoms with Gasteiger partial charge in [-0.2, -0.15) is 4.79 Å². The lowest BCUT2D eigenvalue weighted by Crippen LogP contribution is -2.08. The highest BCUT2D eigenvalue weighted by Gasteiger charge is 1.97. The Hall–Kier alpha value is -0.670. The van der Waals surface area contributed by atoms with Crippen LogP contribution in [-0.4, -0.2) is 28.8 Å². The average molecular weight is 174 g/mol. The van der Waals surface area contributed by atoms with Crippen LogP contribution in [-0.2, 0) is 11.1 Å². The van der Waals surface area contributed by atoms with Crippen molar-refractivity contribution < 1.29 is 4.52 Å². The molecule has 1 aromatic heterocycles. The molecule has 1 atom stereocenters. The van der Waals surface area contributed by atoms with Crippen LogP contribution in [0.25, 0.3) is 0 Å². The minimum Gasteiger partial charge on any atom is -0.356 e. The number of hydrogen-bond donors (Lipinski definition) is 1. The molecule has 0 aromatic carbocycles. The molecule has 1 N–H and O–H groups in total. The quantitative estimate of drug-likeness (QED) is 0.662. The summed E-state index contributed by atoms with van der Waals surface area (Å²) < 4.78 is 5.16. The number of hydrogen-bond acceptors (Lipinski definition) is 4. The fourth-order valence-corrected chi connectivity index (χ4v) is 0.912. The molecule has 11 heavy (non-hydrogen) atoms. The van der Waals surface area contributed by atoms with E-state index in [-0.39, 0.29) is 0 Å². The minimum atomic E-state index is 0.496. The van der Waals surface area contributed by atoms with E-state index in [0.717, 1.165) is 5.69 Å². The van der Waals surface area contributed by atoms with Crippen LogP contribution in [0.1, 0.15) is 5.69 Å². The highest BCUT2D eigenvalue weighted by atomic mass is 31.1. The minimum absolute atomic E-state index is 0.496. The fourth-order valence-electron chi connectivity index (χ4n) is 0.620. The molecule has 6 heteroatoms. The first-order chi connectivity index (χ1) is 5.36. The van der Waals surface area contributed by atoms with E-state index >= 15 is 0 Å². The standard InChI is InChI=1S/C5H11N4OP/c1-6-9-3-5(7-8-9)4-10-11-2/h3,6,11H,4H2,1-2H3. The molecular formula is C5H11N4OP. The van der Waals surface area contributed by atoms with Crippen LogP contribution in [0.15, 0.2) is 6.20 Å². The summed E-state index contributed by atoms with van der Waals surface area (Å²) in [6.45, 7) is 2.51. The van der Waals surface area contributed by atoms with E-state index in [4.69, 9.17) is 4.52 Å². The Morgan fingerprint density at radius 3 is 3.18 bits per heavy atom. The molecule has 0 saturated heterocycles. The van der Waals surface area contributed by atoms with Crippen LogP contribution < -0.4 is 5.43 Å². The summed E-state index contributed by atoms with van der Waals surface area (Å²) >= 11 is 0. The second-order valence-corrected chi connectivity index (χ2v) is 2.57. The van der Waals surface area contributed by atoms with Crippen LogP contribution >= 0.6 is 8.81 Å². The Morgan fingerprint density at radius 1 is 1.82 bits per heavy atom. The predicted octanol–water partition coefficient (Wildman–Crippen LogP) is 0.191. The van der Waals surface area contributed by atoms with Gasteiger partial charge in [0.2, 0.25) is 0 Å². The monoisotopic (exact) mass is 174 g/mol. The Kier molecular flexibility index (Phi) is 3.26. The molecule has 0 aliphatic heterocycles. The number of nitrogens with zero attached hydrogens (tertiary/aromatic N) is 3. The fraction of sp³-hybridized carbons (Fsp3) is 0.600. The van der Waals surface area contributed by atoms with Crippen molar-refractivity contribution in [2.75, 3.05) is 19.1 Å². The van der Waals surface area contributed by atoms with Gasteiger partial charge in [0.25, 0.3) is 0 Å². The summed E-state index contributed by atoms with van der Waals surface area (Å²) in [5.74, 6) is 0. The summed E-state index contributed by atoms with van der Waals surface area (Å²) in [5, 5.41) is 7.62. The molecule has 0 spiro atoms. The molecule has 0 saturated carbocycles. The van der Waals surface area contributed by atoms with Crippen LogP contribution in [0.5, 0.6) is 0 Å². The van der Waals surface area contributed by atoms with Crippen molar-refractivity contribution in [3.05, 3.63) is 11.9 Å². The first kappa shape index (κ1) is 8.43. The second kappa shape index (κ2) is 4.26. The first-order valence-electron chi connectivity index (χ1n) is 3.24. The highest BCUT2D eigenvalue weighted by Crippen LogP contribution is 2.07. The lowest BCUT2D eigenvalue weighted by molar-refractivity contribution is 0.348. The summed E-state index contributed by atoms with van der Waals surface area (Å²) in [6.07, 6.45) is 1.79. The van der Waals surface area contributed by atoms with E-state index in [1.54, 1.807) is 13.2 Å². The van der Waals surface area contributed by atoms with Crippen molar-refractivity contribution >= 4 is 8.81 Å². The molecule has 0 bridgehead atoms. The van der Waals surface area contributed by atoms with E-state index in [1.165, 1.54) is 4.79 Å². The molecular weight excluding hydrogens is 163 g/mol. The van der Waals surface area contributed by atoms with Gasteiger partial charge in [-0.05, 0) is 11.9 Å². The molecule has 1 aromatic rings. The topological polar surface area (TPSA) is 52.0 Å². The van der Waals surface area contributed by atoms with Gasteiger partial charge in [0.05, 0.1) is 12.8 Å². The van der Waals surface area contributed by atoms with Crippen LogP contribution in [0, 0.1) is 0 Å². The van der Waals surface area contributed by atoms with Gasteiger partial charge in [-0.15, -0.1) is 5.10 Å². The zero-order valence-electron chi connectivity index (χ0n) is 6.53. The van der Waals surface area contributed by atoms with Crippen molar-refractivity contribution in [3.63, 3.8) is 0 Å². The smallest absolute Gasteiger partial charge is 0.111 e. The molecule has 0 amide bonds. The Balaban J connectivity index is 2.44. The van der Waals surface area contributed by atoms with E-state index in [2.05, 4.69) is 15.7 Å². The van der Waals surface area contributed by atoms with Crippen molar-refractivity contribution in [1.29, 1.82) is 0 Å². The average Bonchev–Trinajstić information content (AvgIpc) is 2.48. The summed E-state index contributed by atoms with van der Waals surface area (Å²) in [5.41, 5.74) is 3.65. The van der Waals surface area contributed by atoms with Gasteiger partial charge in [-0.3, -0.25) is 0 Å². The van der Waals surface area contributed by atoms with Crippen LogP contribution in [0.2, 0.25) is 0 Å². The summed E-state index contributed by atoms with van der Waals surface area (Å²) in [6, 6.07) is 0. The largest absolute Gasteiger partial charge is 0.356 e. The Morgan fingerprint density at radius 2 is 2.64 bits per heavy atom. The molecule has 1 heterocycles. The van der Waals surface area contributed by atoms with Crippen molar-refractivity contribution in [2.24, 2.45) is 0 Å². The zero-order valence-corrected chi connectivity index (χ0v) is 7.53. The molecule has 0 aliphatic carbocycles. The second-order valence-electron chi connectivity index (χ2n) is 1.87. The normalized spacial score (nSPS) is 11.1. The van der Waals surface area contributed by atoms with Gasteiger partial charge in [-0.1, -0.05) is 0 Å². The van der Waals surface area contributed by atoms with Gasteiger partial charge >= 0.3 is 0 Å². The molecule has 0 radical (unpaired) electrons. The predicted molar refractivity (Wildman–Crippen MR) is 44.3 cm³/mol. The Labute approximate surface area is 67.0 Å². The van der Waals surface area contributed by atoms with E-state index < -0.39 is 0 Å². The van der Waals surface area contributed by atoms with E-state index in [9.17, 15) is 0 Å². The number of aromatic nitrogens is 3. The van der Waals surface area contributed by atoms with Crippen LogP contribution in [0.4, 0.5) is 0 Å². The van der Waals surface area contributed by atoms with Gasteiger partial charge in [0.15, 0.2) is 0 Å². The summed E-state index contributed by atoms with van der Waals surface area (Å²) in [4.78, 5) is 1.54. The molecule has 1 rings (SSSR count). The third kappa shape index (κ3) is 2.44. The van der Waals surface area contributed by atoms with Crippen LogP contribution in [0.3, 0.4) is 0 Å². The van der Waals surface area contributed by atoms with Crippen molar-refractivity contribution in [3.8, 4) is 0 Å². The highest BCUT2D eigenvalue weighted by molar-refractivity contribution is 7.31. The van der Waals surface area contributed by atoms with Gasteiger partial charge < -0.3 is 9.95 Å². The maximum atomic E-state index is 5.16. The lowest BCUT2D eigenvalue weighted by Gasteiger charge is -1.94. The molecule has 62 valence electrons. The SMILES string of the molecule is CNn1cc(COPC)nn1. The van der Waals surface area contributed by atoms with E-state index in [1.807, 2.05) is 6.66 Å². The first-order valence-corrected chi connectivity index (χ1v) is 4.65. The number of rotatable bonds is 4. The molecule has 1 unspecified atom stereocenters.